The second kappa shape index (κ2) is 5.07. The maximum absolute atomic E-state index is 9.52. The van der Waals surface area contributed by atoms with Crippen LogP contribution in [0, 0.1) is 11.8 Å². The first-order valence-corrected chi connectivity index (χ1v) is 5.85. The highest BCUT2D eigenvalue weighted by molar-refractivity contribution is 5.32. The van der Waals surface area contributed by atoms with Crippen LogP contribution in [0.3, 0.4) is 0 Å². The zero-order valence-corrected chi connectivity index (χ0v) is 10.6. The fraction of sp³-hybridized carbons (Fsp3) is 0.267. The molecule has 92 valence electrons. The maximum Gasteiger partial charge on any atom is 0.120 e. The minimum Gasteiger partial charge on any atom is -0.378 e. The van der Waals surface area contributed by atoms with E-state index in [4.69, 9.17) is 0 Å². The van der Waals surface area contributed by atoms with Crippen LogP contribution < -0.4 is 0 Å². The lowest BCUT2D eigenvalue weighted by Gasteiger charge is -2.05. The van der Waals surface area contributed by atoms with Crippen LogP contribution in [0.25, 0.3) is 0 Å². The fourth-order valence-corrected chi connectivity index (χ4v) is 1.51. The highest BCUT2D eigenvalue weighted by atomic mass is 16.3. The first-order valence-electron chi connectivity index (χ1n) is 5.85. The molecular formula is C15H16N2O. The Hall–Kier alpha value is -2.05. The summed E-state index contributed by atoms with van der Waals surface area (Å²) in [4.78, 5) is 0. The molecule has 1 N–H and O–H groups in total. The molecule has 1 aromatic carbocycles. The number of nitrogens with zero attached hydrogens (tertiary/aromatic N) is 2. The van der Waals surface area contributed by atoms with E-state index in [2.05, 4.69) is 29.1 Å². The first kappa shape index (κ1) is 12.4. The van der Waals surface area contributed by atoms with Crippen molar-refractivity contribution in [1.29, 1.82) is 0 Å². The molecular weight excluding hydrogens is 224 g/mol. The normalized spacial score (nSPS) is 10.8. The molecule has 0 spiro atoms. The Bertz CT molecular complexity index is 568. The van der Waals surface area contributed by atoms with Gasteiger partial charge >= 0.3 is 0 Å². The summed E-state index contributed by atoms with van der Waals surface area (Å²) in [7, 11) is 0. The van der Waals surface area contributed by atoms with E-state index in [0.717, 1.165) is 12.1 Å². The molecule has 2 rings (SSSR count). The Morgan fingerprint density at radius 1 is 1.28 bits per heavy atom. The molecule has 0 saturated heterocycles. The third-order valence-corrected chi connectivity index (χ3v) is 2.33. The van der Waals surface area contributed by atoms with Gasteiger partial charge in [-0.2, -0.15) is 5.10 Å². The van der Waals surface area contributed by atoms with Crippen molar-refractivity contribution < 1.29 is 5.11 Å². The Kier molecular flexibility index (Phi) is 3.50. The van der Waals surface area contributed by atoms with E-state index in [-0.39, 0.29) is 0 Å². The summed E-state index contributed by atoms with van der Waals surface area (Å²) >= 11 is 0. The molecule has 0 aliphatic rings. The minimum atomic E-state index is -0.971. The van der Waals surface area contributed by atoms with Crippen LogP contribution in [-0.4, -0.2) is 20.5 Å². The fourth-order valence-electron chi connectivity index (χ4n) is 1.51. The van der Waals surface area contributed by atoms with Crippen molar-refractivity contribution in [3.05, 3.63) is 53.9 Å². The van der Waals surface area contributed by atoms with E-state index in [1.807, 2.05) is 29.1 Å². The Balaban J connectivity index is 2.09. The smallest absolute Gasteiger partial charge is 0.120 e. The summed E-state index contributed by atoms with van der Waals surface area (Å²) in [6.07, 6.45) is 3.59. The van der Waals surface area contributed by atoms with Crippen molar-refractivity contribution in [2.75, 3.05) is 0 Å². The number of hydrogen-bond donors (Lipinski definition) is 1. The lowest BCUT2D eigenvalue weighted by atomic mass is 10.1. The van der Waals surface area contributed by atoms with Crippen molar-refractivity contribution in [3.8, 4) is 11.8 Å². The highest BCUT2D eigenvalue weighted by Crippen LogP contribution is 2.04. The van der Waals surface area contributed by atoms with Gasteiger partial charge in [-0.1, -0.05) is 42.2 Å². The zero-order valence-electron chi connectivity index (χ0n) is 10.6. The molecule has 0 aliphatic heterocycles. The minimum absolute atomic E-state index is 0.727. The quantitative estimate of drug-likeness (QED) is 0.816. The Morgan fingerprint density at radius 3 is 2.67 bits per heavy atom. The van der Waals surface area contributed by atoms with Crippen molar-refractivity contribution >= 4 is 0 Å². The Morgan fingerprint density at radius 2 is 2.00 bits per heavy atom. The van der Waals surface area contributed by atoms with E-state index in [0.29, 0.717) is 0 Å². The second-order valence-corrected chi connectivity index (χ2v) is 4.72. The van der Waals surface area contributed by atoms with Crippen LogP contribution in [-0.2, 0) is 6.54 Å². The van der Waals surface area contributed by atoms with Crippen LogP contribution in [0.5, 0.6) is 0 Å². The third-order valence-electron chi connectivity index (χ3n) is 2.33. The average molecular weight is 240 g/mol. The molecule has 0 atom stereocenters. The number of benzene rings is 1. The molecule has 3 heteroatoms. The molecule has 18 heavy (non-hydrogen) atoms. The maximum atomic E-state index is 9.52. The van der Waals surface area contributed by atoms with Gasteiger partial charge in [-0.3, -0.25) is 4.68 Å². The molecule has 0 radical (unpaired) electrons. The van der Waals surface area contributed by atoms with Crippen LogP contribution in [0.4, 0.5) is 0 Å². The molecule has 3 nitrogen and oxygen atoms in total. The summed E-state index contributed by atoms with van der Waals surface area (Å²) < 4.78 is 1.84. The molecule has 0 aliphatic carbocycles. The average Bonchev–Trinajstić information content (AvgIpc) is 2.75. The van der Waals surface area contributed by atoms with Gasteiger partial charge in [-0.15, -0.1) is 0 Å². The van der Waals surface area contributed by atoms with Gasteiger partial charge in [0.05, 0.1) is 18.3 Å². The van der Waals surface area contributed by atoms with E-state index in [9.17, 15) is 5.11 Å². The molecule has 0 fully saturated rings. The van der Waals surface area contributed by atoms with Crippen molar-refractivity contribution in [3.63, 3.8) is 0 Å². The van der Waals surface area contributed by atoms with Crippen LogP contribution in [0.1, 0.15) is 25.0 Å². The summed E-state index contributed by atoms with van der Waals surface area (Å²) in [5, 5.41) is 13.8. The molecule has 2 aromatic rings. The predicted molar refractivity (Wildman–Crippen MR) is 70.9 cm³/mol. The van der Waals surface area contributed by atoms with Gasteiger partial charge in [0.1, 0.15) is 5.60 Å². The van der Waals surface area contributed by atoms with Gasteiger partial charge in [0.15, 0.2) is 0 Å². The van der Waals surface area contributed by atoms with Crippen LogP contribution >= 0.6 is 0 Å². The van der Waals surface area contributed by atoms with E-state index in [1.54, 1.807) is 20.0 Å². The van der Waals surface area contributed by atoms with Gasteiger partial charge in [-0.05, 0) is 19.4 Å². The van der Waals surface area contributed by atoms with Crippen molar-refractivity contribution in [1.82, 2.24) is 9.78 Å². The SMILES string of the molecule is CC(C)(O)C#Cc1cnn(Cc2ccccc2)c1. The van der Waals surface area contributed by atoms with Crippen molar-refractivity contribution in [2.45, 2.75) is 26.0 Å². The van der Waals surface area contributed by atoms with E-state index >= 15 is 0 Å². The highest BCUT2D eigenvalue weighted by Gasteiger charge is 2.06. The third kappa shape index (κ3) is 3.76. The molecule has 0 unspecified atom stereocenters. The summed E-state index contributed by atoms with van der Waals surface area (Å²) in [6.45, 7) is 4.05. The second-order valence-electron chi connectivity index (χ2n) is 4.72. The topological polar surface area (TPSA) is 38.1 Å². The summed E-state index contributed by atoms with van der Waals surface area (Å²) in [6, 6.07) is 10.1. The van der Waals surface area contributed by atoms with Crippen molar-refractivity contribution in [2.24, 2.45) is 0 Å². The number of rotatable bonds is 2. The lowest BCUT2D eigenvalue weighted by Crippen LogP contribution is -2.14. The van der Waals surface area contributed by atoms with Gasteiger partial charge in [0, 0.05) is 6.20 Å². The molecule has 1 aromatic heterocycles. The standard InChI is InChI=1S/C15H16N2O/c1-15(2,18)9-8-14-10-16-17(12-14)11-13-6-4-3-5-7-13/h3-7,10,12,18H,11H2,1-2H3. The molecule has 0 amide bonds. The van der Waals surface area contributed by atoms with Gasteiger partial charge in [0.2, 0.25) is 0 Å². The van der Waals surface area contributed by atoms with E-state index < -0.39 is 5.60 Å². The molecule has 0 bridgehead atoms. The monoisotopic (exact) mass is 240 g/mol. The lowest BCUT2D eigenvalue weighted by molar-refractivity contribution is 0.143. The largest absolute Gasteiger partial charge is 0.378 e. The number of aromatic nitrogens is 2. The zero-order chi connectivity index (χ0) is 13.0. The van der Waals surface area contributed by atoms with Crippen LogP contribution in [0.15, 0.2) is 42.7 Å². The summed E-state index contributed by atoms with van der Waals surface area (Å²) in [5.74, 6) is 5.68. The number of aliphatic hydroxyl groups is 1. The first-order chi connectivity index (χ1) is 8.53. The number of hydrogen-bond acceptors (Lipinski definition) is 2. The molecule has 1 heterocycles. The van der Waals surface area contributed by atoms with Crippen LogP contribution in [0.2, 0.25) is 0 Å². The van der Waals surface area contributed by atoms with Gasteiger partial charge in [-0.25, -0.2) is 0 Å². The van der Waals surface area contributed by atoms with Gasteiger partial charge < -0.3 is 5.11 Å². The van der Waals surface area contributed by atoms with Gasteiger partial charge in [0.25, 0.3) is 0 Å². The summed E-state index contributed by atoms with van der Waals surface area (Å²) in [5.41, 5.74) is 1.04. The Labute approximate surface area is 107 Å². The van der Waals surface area contributed by atoms with E-state index in [1.165, 1.54) is 5.56 Å². The predicted octanol–water partition coefficient (Wildman–Crippen LogP) is 2.05. The molecule has 0 saturated carbocycles.